The lowest BCUT2D eigenvalue weighted by atomic mass is 9.78. The summed E-state index contributed by atoms with van der Waals surface area (Å²) in [6.07, 6.45) is -0.534. The van der Waals surface area contributed by atoms with Crippen molar-refractivity contribution in [3.05, 3.63) is 18.2 Å². The lowest BCUT2D eigenvalue weighted by Gasteiger charge is -2.32. The summed E-state index contributed by atoms with van der Waals surface area (Å²) >= 11 is 0. The number of amides is 1. The van der Waals surface area contributed by atoms with Gasteiger partial charge in [-0.05, 0) is 72.1 Å². The molecule has 0 aromatic heterocycles. The fourth-order valence-corrected chi connectivity index (χ4v) is 2.29. The van der Waals surface area contributed by atoms with Crippen molar-refractivity contribution < 1.29 is 18.8 Å². The molecule has 2 rings (SSSR count). The van der Waals surface area contributed by atoms with Gasteiger partial charge in [0.2, 0.25) is 0 Å². The van der Waals surface area contributed by atoms with Gasteiger partial charge in [-0.3, -0.25) is 5.32 Å². The first kappa shape index (κ1) is 18.6. The van der Waals surface area contributed by atoms with E-state index in [4.69, 9.17) is 19.8 Å². The molecule has 0 bridgehead atoms. The molecule has 6 nitrogen and oxygen atoms in total. The first-order valence-corrected chi connectivity index (χ1v) is 8.05. The van der Waals surface area contributed by atoms with E-state index in [-0.39, 0.29) is 0 Å². The van der Waals surface area contributed by atoms with Crippen molar-refractivity contribution in [1.29, 1.82) is 0 Å². The molecule has 0 atom stereocenters. The SMILES string of the molecule is CC(C)(C)OC(=O)Nc1cc(N)cc(B2OC(C)(C)C(C)(C)O2)c1. The lowest BCUT2D eigenvalue weighted by molar-refractivity contribution is 0.00578. The van der Waals surface area contributed by atoms with E-state index in [0.29, 0.717) is 11.4 Å². The zero-order chi connectivity index (χ0) is 18.3. The Balaban J connectivity index is 2.20. The van der Waals surface area contributed by atoms with Gasteiger partial charge in [-0.15, -0.1) is 0 Å². The number of nitrogens with one attached hydrogen (secondary N) is 1. The zero-order valence-corrected chi connectivity index (χ0v) is 15.5. The number of hydrogen-bond acceptors (Lipinski definition) is 5. The van der Waals surface area contributed by atoms with Crippen LogP contribution >= 0.6 is 0 Å². The van der Waals surface area contributed by atoms with E-state index >= 15 is 0 Å². The molecule has 24 heavy (non-hydrogen) atoms. The third-order valence-electron chi connectivity index (χ3n) is 4.15. The smallest absolute Gasteiger partial charge is 0.444 e. The number of rotatable bonds is 2. The van der Waals surface area contributed by atoms with Gasteiger partial charge in [-0.2, -0.15) is 0 Å². The Morgan fingerprint density at radius 3 is 2.17 bits per heavy atom. The van der Waals surface area contributed by atoms with Crippen LogP contribution in [0, 0.1) is 0 Å². The third-order valence-corrected chi connectivity index (χ3v) is 4.15. The van der Waals surface area contributed by atoms with Gasteiger partial charge in [0.05, 0.1) is 11.2 Å². The Bertz CT molecular complexity index is 622. The first-order valence-electron chi connectivity index (χ1n) is 8.05. The van der Waals surface area contributed by atoms with E-state index in [1.54, 1.807) is 18.2 Å². The van der Waals surface area contributed by atoms with E-state index in [1.807, 2.05) is 48.5 Å². The van der Waals surface area contributed by atoms with Crippen molar-refractivity contribution in [1.82, 2.24) is 0 Å². The predicted octanol–water partition coefficient (Wildman–Crippen LogP) is 2.92. The van der Waals surface area contributed by atoms with Crippen molar-refractivity contribution >= 4 is 30.0 Å². The standard InChI is InChI=1S/C17H27BN2O4/c1-15(2,3)22-14(21)20-13-9-11(8-12(19)10-13)18-23-16(4,5)17(6,7)24-18/h8-10H,19H2,1-7H3,(H,20,21). The van der Waals surface area contributed by atoms with Gasteiger partial charge >= 0.3 is 13.2 Å². The normalized spacial score (nSPS) is 19.2. The van der Waals surface area contributed by atoms with Gasteiger partial charge < -0.3 is 19.8 Å². The van der Waals surface area contributed by atoms with Crippen LogP contribution in [-0.2, 0) is 14.0 Å². The van der Waals surface area contributed by atoms with Crippen LogP contribution in [0.5, 0.6) is 0 Å². The van der Waals surface area contributed by atoms with Crippen molar-refractivity contribution in [3.63, 3.8) is 0 Å². The minimum Gasteiger partial charge on any atom is -0.444 e. The highest BCUT2D eigenvalue weighted by atomic mass is 16.7. The molecule has 1 aromatic carbocycles. The Morgan fingerprint density at radius 1 is 1.12 bits per heavy atom. The number of carbonyl (C=O) groups excluding carboxylic acids is 1. The van der Waals surface area contributed by atoms with E-state index in [2.05, 4.69) is 5.32 Å². The number of anilines is 2. The second-order valence-electron chi connectivity index (χ2n) is 8.10. The average molecular weight is 334 g/mol. The number of nitrogen functional groups attached to an aromatic ring is 1. The highest BCUT2D eigenvalue weighted by Gasteiger charge is 2.51. The maximum Gasteiger partial charge on any atom is 0.494 e. The molecule has 0 aliphatic carbocycles. The van der Waals surface area contributed by atoms with Crippen LogP contribution in [0.25, 0.3) is 0 Å². The van der Waals surface area contributed by atoms with Crippen molar-refractivity contribution in [2.45, 2.75) is 65.3 Å². The molecule has 1 saturated heterocycles. The van der Waals surface area contributed by atoms with Gasteiger partial charge in [-0.1, -0.05) is 0 Å². The molecular weight excluding hydrogens is 307 g/mol. The molecule has 1 aliphatic rings. The summed E-state index contributed by atoms with van der Waals surface area (Å²) in [5.41, 5.74) is 6.30. The highest BCUT2D eigenvalue weighted by molar-refractivity contribution is 6.62. The van der Waals surface area contributed by atoms with E-state index < -0.39 is 30.0 Å². The Kier molecular flexibility index (Phi) is 4.63. The second kappa shape index (κ2) is 5.97. The molecule has 1 heterocycles. The van der Waals surface area contributed by atoms with Crippen LogP contribution in [0.1, 0.15) is 48.5 Å². The van der Waals surface area contributed by atoms with Crippen molar-refractivity contribution in [2.24, 2.45) is 0 Å². The number of ether oxygens (including phenoxy) is 1. The minimum atomic E-state index is -0.570. The van der Waals surface area contributed by atoms with Crippen LogP contribution in [0.2, 0.25) is 0 Å². The summed E-state index contributed by atoms with van der Waals surface area (Å²) in [6, 6.07) is 5.23. The number of nitrogens with two attached hydrogens (primary N) is 1. The van der Waals surface area contributed by atoms with Crippen LogP contribution in [0.4, 0.5) is 16.2 Å². The summed E-state index contributed by atoms with van der Waals surface area (Å²) in [5.74, 6) is 0. The molecule has 0 unspecified atom stereocenters. The van der Waals surface area contributed by atoms with Gasteiger partial charge in [0.15, 0.2) is 0 Å². The zero-order valence-electron chi connectivity index (χ0n) is 15.5. The van der Waals surface area contributed by atoms with Gasteiger partial charge in [0, 0.05) is 11.4 Å². The second-order valence-corrected chi connectivity index (χ2v) is 8.10. The van der Waals surface area contributed by atoms with Crippen LogP contribution in [0.15, 0.2) is 18.2 Å². The molecule has 1 aromatic rings. The monoisotopic (exact) mass is 334 g/mol. The summed E-state index contributed by atoms with van der Waals surface area (Å²) in [7, 11) is -0.544. The molecule has 0 spiro atoms. The molecule has 132 valence electrons. The predicted molar refractivity (Wildman–Crippen MR) is 96.4 cm³/mol. The minimum absolute atomic E-state index is 0.443. The Hall–Kier alpha value is -1.73. The maximum atomic E-state index is 11.9. The molecule has 0 saturated carbocycles. The lowest BCUT2D eigenvalue weighted by Crippen LogP contribution is -2.41. The topological polar surface area (TPSA) is 82.8 Å². The molecule has 1 fully saturated rings. The molecule has 7 heteroatoms. The molecule has 1 aliphatic heterocycles. The van der Waals surface area contributed by atoms with Gasteiger partial charge in [0.1, 0.15) is 5.60 Å². The van der Waals surface area contributed by atoms with Crippen molar-refractivity contribution in [2.75, 3.05) is 11.1 Å². The molecule has 3 N–H and O–H groups in total. The molecule has 1 amide bonds. The first-order chi connectivity index (χ1) is 10.8. The summed E-state index contributed by atoms with van der Waals surface area (Å²) in [6.45, 7) is 13.4. The molecular formula is C17H27BN2O4. The third kappa shape index (κ3) is 4.21. The molecule has 0 radical (unpaired) electrons. The summed E-state index contributed by atoms with van der Waals surface area (Å²) in [5, 5.41) is 2.69. The Labute approximate surface area is 144 Å². The number of benzene rings is 1. The van der Waals surface area contributed by atoms with E-state index in [9.17, 15) is 4.79 Å². The van der Waals surface area contributed by atoms with Crippen LogP contribution in [-0.4, -0.2) is 30.0 Å². The van der Waals surface area contributed by atoms with Crippen LogP contribution in [0.3, 0.4) is 0 Å². The van der Waals surface area contributed by atoms with Gasteiger partial charge in [-0.25, -0.2) is 4.79 Å². The fraction of sp³-hybridized carbons (Fsp3) is 0.588. The largest absolute Gasteiger partial charge is 0.494 e. The maximum absolute atomic E-state index is 11.9. The van der Waals surface area contributed by atoms with E-state index in [1.165, 1.54) is 0 Å². The van der Waals surface area contributed by atoms with Gasteiger partial charge in [0.25, 0.3) is 0 Å². The van der Waals surface area contributed by atoms with Crippen LogP contribution < -0.4 is 16.5 Å². The van der Waals surface area contributed by atoms with Crippen molar-refractivity contribution in [3.8, 4) is 0 Å². The quantitative estimate of drug-likeness (QED) is 0.642. The average Bonchev–Trinajstić information content (AvgIpc) is 2.55. The summed E-state index contributed by atoms with van der Waals surface area (Å²) < 4.78 is 17.3. The highest BCUT2D eigenvalue weighted by Crippen LogP contribution is 2.36. The number of carbonyl (C=O) groups is 1. The number of hydrogen-bond donors (Lipinski definition) is 2. The Morgan fingerprint density at radius 2 is 1.67 bits per heavy atom. The summed E-state index contributed by atoms with van der Waals surface area (Å²) in [4.78, 5) is 11.9. The fourth-order valence-electron chi connectivity index (χ4n) is 2.29. The van der Waals surface area contributed by atoms with E-state index in [0.717, 1.165) is 5.46 Å².